The lowest BCUT2D eigenvalue weighted by atomic mass is 10.4. The molecule has 0 aromatic rings. The second-order valence-corrected chi connectivity index (χ2v) is 4.20. The predicted molar refractivity (Wildman–Crippen MR) is 45.5 cm³/mol. The van der Waals surface area contributed by atoms with E-state index in [-0.39, 0.29) is 5.75 Å². The van der Waals surface area contributed by atoms with Crippen LogP contribution in [0.5, 0.6) is 0 Å². The highest BCUT2D eigenvalue weighted by atomic mass is 32.2. The molecule has 3 nitrogen and oxygen atoms in total. The number of terminal acetylenes is 1. The van der Waals surface area contributed by atoms with Gasteiger partial charge in [0.05, 0.1) is 11.8 Å². The van der Waals surface area contributed by atoms with Gasteiger partial charge in [-0.25, -0.2) is 13.1 Å². The van der Waals surface area contributed by atoms with Gasteiger partial charge in [-0.1, -0.05) is 12.8 Å². The average molecular weight is 175 g/mol. The second-order valence-electron chi connectivity index (χ2n) is 2.33. The highest BCUT2D eigenvalue weighted by molar-refractivity contribution is 7.89. The number of hydrogen-bond donors (Lipinski definition) is 1. The maximum absolute atomic E-state index is 11.0. The number of hydrogen-bond acceptors (Lipinski definition) is 2. The maximum atomic E-state index is 11.0. The van der Waals surface area contributed by atoms with Crippen LogP contribution >= 0.6 is 0 Å². The third-order valence-electron chi connectivity index (χ3n) is 1.08. The fraction of sp³-hybridized carbons (Fsp3) is 0.714. The quantitative estimate of drug-likeness (QED) is 0.626. The molecule has 0 radical (unpaired) electrons. The van der Waals surface area contributed by atoms with Crippen LogP contribution in [0.2, 0.25) is 0 Å². The first kappa shape index (κ1) is 10.5. The van der Waals surface area contributed by atoms with Gasteiger partial charge in [0.15, 0.2) is 0 Å². The minimum absolute atomic E-state index is 0.138. The number of sulfonamides is 1. The lowest BCUT2D eigenvalue weighted by Gasteiger charge is -2.06. The van der Waals surface area contributed by atoms with Crippen molar-refractivity contribution in [3.63, 3.8) is 0 Å². The molecule has 0 bridgehead atoms. The van der Waals surface area contributed by atoms with E-state index in [0.29, 0.717) is 6.42 Å². The van der Waals surface area contributed by atoms with Gasteiger partial charge in [0.2, 0.25) is 10.0 Å². The first-order valence-corrected chi connectivity index (χ1v) is 5.13. The fourth-order valence-corrected chi connectivity index (χ4v) is 1.89. The molecule has 0 aliphatic heterocycles. The summed E-state index contributed by atoms with van der Waals surface area (Å²) in [7, 11) is -3.14. The summed E-state index contributed by atoms with van der Waals surface area (Å²) in [5.41, 5.74) is 0. The molecule has 0 saturated heterocycles. The van der Waals surface area contributed by atoms with E-state index in [1.54, 1.807) is 13.8 Å². The predicted octanol–water partition coefficient (Wildman–Crippen LogP) is 0.337. The lowest BCUT2D eigenvalue weighted by molar-refractivity contribution is 0.576. The van der Waals surface area contributed by atoms with Crippen molar-refractivity contribution < 1.29 is 8.42 Å². The van der Waals surface area contributed by atoms with Gasteiger partial charge in [-0.05, 0) is 13.3 Å². The molecule has 4 heteroatoms. The van der Waals surface area contributed by atoms with Gasteiger partial charge in [0.25, 0.3) is 0 Å². The monoisotopic (exact) mass is 175 g/mol. The van der Waals surface area contributed by atoms with Gasteiger partial charge in [0.1, 0.15) is 0 Å². The van der Waals surface area contributed by atoms with Gasteiger partial charge in [0, 0.05) is 0 Å². The molecular weight excluding hydrogens is 162 g/mol. The molecule has 0 spiro atoms. The van der Waals surface area contributed by atoms with Crippen LogP contribution in [-0.4, -0.2) is 20.2 Å². The van der Waals surface area contributed by atoms with Crippen molar-refractivity contribution in [2.45, 2.75) is 26.3 Å². The summed E-state index contributed by atoms with van der Waals surface area (Å²) < 4.78 is 24.3. The van der Waals surface area contributed by atoms with E-state index in [0.717, 1.165) is 0 Å². The zero-order chi connectivity index (χ0) is 8.91. The minimum Gasteiger partial charge on any atom is -0.212 e. The molecule has 0 aliphatic carbocycles. The number of rotatable bonds is 4. The smallest absolute Gasteiger partial charge is 0.212 e. The van der Waals surface area contributed by atoms with Gasteiger partial charge in [-0.15, -0.1) is 6.42 Å². The Morgan fingerprint density at radius 3 is 2.55 bits per heavy atom. The van der Waals surface area contributed by atoms with Crippen LogP contribution in [0.15, 0.2) is 0 Å². The van der Waals surface area contributed by atoms with Crippen molar-refractivity contribution in [3.05, 3.63) is 0 Å². The Morgan fingerprint density at radius 1 is 1.64 bits per heavy atom. The Labute approximate surface area is 68.2 Å². The van der Waals surface area contributed by atoms with Crippen LogP contribution in [0, 0.1) is 12.3 Å². The molecule has 11 heavy (non-hydrogen) atoms. The molecule has 1 N–H and O–H groups in total. The van der Waals surface area contributed by atoms with Crippen LogP contribution in [-0.2, 0) is 10.0 Å². The highest BCUT2D eigenvalue weighted by Crippen LogP contribution is 1.90. The molecule has 0 heterocycles. The molecular formula is C7H13NO2S. The van der Waals surface area contributed by atoms with Crippen molar-refractivity contribution in [1.29, 1.82) is 0 Å². The van der Waals surface area contributed by atoms with E-state index >= 15 is 0 Å². The summed E-state index contributed by atoms with van der Waals surface area (Å²) in [5.74, 6) is 2.43. The summed E-state index contributed by atoms with van der Waals surface area (Å²) in [5, 5.41) is 0. The molecule has 64 valence electrons. The number of nitrogens with one attached hydrogen (secondary N) is 1. The van der Waals surface area contributed by atoms with E-state index in [2.05, 4.69) is 10.6 Å². The molecule has 0 amide bonds. The Bertz CT molecular complexity index is 238. The van der Waals surface area contributed by atoms with Crippen LogP contribution < -0.4 is 4.72 Å². The summed E-state index contributed by atoms with van der Waals surface area (Å²) in [6.45, 7) is 3.44. The Balaban J connectivity index is 4.05. The van der Waals surface area contributed by atoms with Gasteiger partial charge in [-0.2, -0.15) is 0 Å². The SMILES string of the molecule is C#CC(C)NS(=O)(=O)CCC. The molecule has 0 aliphatic rings. The van der Waals surface area contributed by atoms with E-state index in [1.807, 2.05) is 0 Å². The average Bonchev–Trinajstić information content (AvgIpc) is 1.86. The normalized spacial score (nSPS) is 13.9. The van der Waals surface area contributed by atoms with E-state index < -0.39 is 16.1 Å². The minimum atomic E-state index is -3.14. The van der Waals surface area contributed by atoms with Gasteiger partial charge < -0.3 is 0 Å². The van der Waals surface area contributed by atoms with Crippen molar-refractivity contribution in [2.75, 3.05) is 5.75 Å². The van der Waals surface area contributed by atoms with E-state index in [1.165, 1.54) is 0 Å². The highest BCUT2D eigenvalue weighted by Gasteiger charge is 2.10. The van der Waals surface area contributed by atoms with Crippen LogP contribution in [0.4, 0.5) is 0 Å². The molecule has 1 atom stereocenters. The molecule has 1 unspecified atom stereocenters. The molecule has 0 saturated carbocycles. The van der Waals surface area contributed by atoms with Crippen molar-refractivity contribution in [2.24, 2.45) is 0 Å². The standard InChI is InChI=1S/C7H13NO2S/c1-4-6-11(9,10)8-7(3)5-2/h2,7-8H,4,6H2,1,3H3. The van der Waals surface area contributed by atoms with Crippen LogP contribution in [0.3, 0.4) is 0 Å². The summed E-state index contributed by atoms with van der Waals surface area (Å²) in [4.78, 5) is 0. The second kappa shape index (κ2) is 4.37. The summed E-state index contributed by atoms with van der Waals surface area (Å²) >= 11 is 0. The first-order chi connectivity index (χ1) is 5.02. The lowest BCUT2D eigenvalue weighted by Crippen LogP contribution is -2.33. The Morgan fingerprint density at radius 2 is 2.18 bits per heavy atom. The Kier molecular flexibility index (Phi) is 4.16. The Hall–Kier alpha value is -0.530. The topological polar surface area (TPSA) is 46.2 Å². The molecule has 0 fully saturated rings. The largest absolute Gasteiger partial charge is 0.212 e. The van der Waals surface area contributed by atoms with Gasteiger partial charge in [-0.3, -0.25) is 0 Å². The molecule has 0 aromatic heterocycles. The van der Waals surface area contributed by atoms with Crippen molar-refractivity contribution >= 4 is 10.0 Å². The van der Waals surface area contributed by atoms with Gasteiger partial charge >= 0.3 is 0 Å². The van der Waals surface area contributed by atoms with E-state index in [9.17, 15) is 8.42 Å². The maximum Gasteiger partial charge on any atom is 0.212 e. The molecule has 0 rings (SSSR count). The van der Waals surface area contributed by atoms with Crippen molar-refractivity contribution in [1.82, 2.24) is 4.72 Å². The third-order valence-corrected chi connectivity index (χ3v) is 2.74. The van der Waals surface area contributed by atoms with Crippen LogP contribution in [0.1, 0.15) is 20.3 Å². The van der Waals surface area contributed by atoms with E-state index in [4.69, 9.17) is 6.42 Å². The summed E-state index contributed by atoms with van der Waals surface area (Å²) in [6, 6.07) is -0.411. The summed E-state index contributed by atoms with van der Waals surface area (Å²) in [6.07, 6.45) is 5.60. The third kappa shape index (κ3) is 4.82. The molecule has 0 aromatic carbocycles. The zero-order valence-electron chi connectivity index (χ0n) is 6.79. The van der Waals surface area contributed by atoms with Crippen molar-refractivity contribution in [3.8, 4) is 12.3 Å². The fourth-order valence-electron chi connectivity index (χ4n) is 0.631. The zero-order valence-corrected chi connectivity index (χ0v) is 7.61. The first-order valence-electron chi connectivity index (χ1n) is 3.48. The van der Waals surface area contributed by atoms with Crippen LogP contribution in [0.25, 0.3) is 0 Å².